The molecule has 0 saturated carbocycles. The standard InChI is InChI=1S/C9H8N4/c1-4-11-13(7-1)12-8-9-2-5-10-6-3-9/h1-8H/b12-8+. The van der Waals surface area contributed by atoms with Gasteiger partial charge in [-0.15, -0.1) is 0 Å². The smallest absolute Gasteiger partial charge is 0.0569 e. The van der Waals surface area contributed by atoms with Gasteiger partial charge in [0.2, 0.25) is 0 Å². The van der Waals surface area contributed by atoms with Gasteiger partial charge in [-0.2, -0.15) is 15.0 Å². The zero-order valence-corrected chi connectivity index (χ0v) is 6.91. The topological polar surface area (TPSA) is 43.1 Å². The van der Waals surface area contributed by atoms with Crippen LogP contribution in [0.5, 0.6) is 0 Å². The molecule has 0 aliphatic carbocycles. The maximum atomic E-state index is 4.09. The molecule has 64 valence electrons. The van der Waals surface area contributed by atoms with Gasteiger partial charge in [-0.1, -0.05) is 0 Å². The monoisotopic (exact) mass is 172 g/mol. The minimum Gasteiger partial charge on any atom is -0.265 e. The Morgan fingerprint density at radius 2 is 2.08 bits per heavy atom. The molecule has 0 saturated heterocycles. The average Bonchev–Trinajstić information content (AvgIpc) is 2.69. The van der Waals surface area contributed by atoms with Crippen LogP contribution in [0.1, 0.15) is 5.56 Å². The predicted octanol–water partition coefficient (Wildman–Crippen LogP) is 1.16. The second-order valence-corrected chi connectivity index (χ2v) is 2.45. The maximum Gasteiger partial charge on any atom is 0.0569 e. The predicted molar refractivity (Wildman–Crippen MR) is 49.5 cm³/mol. The lowest BCUT2D eigenvalue weighted by atomic mass is 10.3. The van der Waals surface area contributed by atoms with Gasteiger partial charge in [0.05, 0.1) is 18.6 Å². The number of hydrogen-bond acceptors (Lipinski definition) is 3. The highest BCUT2D eigenvalue weighted by Gasteiger charge is 1.85. The van der Waals surface area contributed by atoms with Crippen molar-refractivity contribution in [2.75, 3.05) is 0 Å². The number of hydrogen-bond donors (Lipinski definition) is 0. The molecule has 2 rings (SSSR count). The summed E-state index contributed by atoms with van der Waals surface area (Å²) < 4.78 is 0. The van der Waals surface area contributed by atoms with Crippen molar-refractivity contribution in [3.05, 3.63) is 48.5 Å². The first kappa shape index (κ1) is 7.67. The quantitative estimate of drug-likeness (QED) is 0.638. The van der Waals surface area contributed by atoms with Crippen LogP contribution >= 0.6 is 0 Å². The molecule has 0 aromatic carbocycles. The van der Waals surface area contributed by atoms with Crippen molar-refractivity contribution in [3.8, 4) is 0 Å². The molecule has 4 heteroatoms. The van der Waals surface area contributed by atoms with Gasteiger partial charge < -0.3 is 0 Å². The van der Waals surface area contributed by atoms with Crippen LogP contribution < -0.4 is 0 Å². The van der Waals surface area contributed by atoms with Crippen molar-refractivity contribution in [2.24, 2.45) is 5.10 Å². The first-order valence-electron chi connectivity index (χ1n) is 3.89. The molecule has 13 heavy (non-hydrogen) atoms. The zero-order chi connectivity index (χ0) is 8.93. The molecule has 0 spiro atoms. The number of nitrogens with zero attached hydrogens (tertiary/aromatic N) is 4. The highest BCUT2D eigenvalue weighted by molar-refractivity contribution is 5.78. The number of rotatable bonds is 2. The van der Waals surface area contributed by atoms with E-state index in [0.717, 1.165) is 5.56 Å². The second kappa shape index (κ2) is 3.62. The third kappa shape index (κ3) is 1.99. The molecule has 0 amide bonds. The fourth-order valence-corrected chi connectivity index (χ4v) is 0.904. The fourth-order valence-electron chi connectivity index (χ4n) is 0.904. The van der Waals surface area contributed by atoms with Crippen LogP contribution in [-0.4, -0.2) is 21.1 Å². The summed E-state index contributed by atoms with van der Waals surface area (Å²) in [7, 11) is 0. The van der Waals surface area contributed by atoms with Crippen LogP contribution in [0, 0.1) is 0 Å². The Balaban J connectivity index is 2.15. The minimum atomic E-state index is 1.01. The highest BCUT2D eigenvalue weighted by atomic mass is 15.5. The first-order chi connectivity index (χ1) is 6.45. The Hall–Kier alpha value is -1.97. The van der Waals surface area contributed by atoms with Gasteiger partial charge in [0.15, 0.2) is 0 Å². The van der Waals surface area contributed by atoms with Crippen molar-refractivity contribution in [2.45, 2.75) is 0 Å². The summed E-state index contributed by atoms with van der Waals surface area (Å²) in [5, 5.41) is 8.02. The molecule has 0 fully saturated rings. The largest absolute Gasteiger partial charge is 0.265 e. The highest BCUT2D eigenvalue weighted by Crippen LogP contribution is 1.91. The van der Waals surface area contributed by atoms with E-state index in [-0.39, 0.29) is 0 Å². The van der Waals surface area contributed by atoms with E-state index in [9.17, 15) is 0 Å². The third-order valence-electron chi connectivity index (χ3n) is 1.52. The van der Waals surface area contributed by atoms with Crippen LogP contribution in [-0.2, 0) is 0 Å². The van der Waals surface area contributed by atoms with Crippen molar-refractivity contribution < 1.29 is 0 Å². The molecule has 2 aromatic rings. The van der Waals surface area contributed by atoms with Crippen molar-refractivity contribution in [1.82, 2.24) is 14.9 Å². The molecular formula is C9H8N4. The van der Waals surface area contributed by atoms with E-state index in [2.05, 4.69) is 15.2 Å². The third-order valence-corrected chi connectivity index (χ3v) is 1.52. The molecule has 0 aliphatic rings. The van der Waals surface area contributed by atoms with E-state index in [1.807, 2.05) is 18.2 Å². The summed E-state index contributed by atoms with van der Waals surface area (Å²) in [6, 6.07) is 5.59. The molecule has 2 aromatic heterocycles. The van der Waals surface area contributed by atoms with E-state index in [0.29, 0.717) is 0 Å². The van der Waals surface area contributed by atoms with Crippen molar-refractivity contribution in [1.29, 1.82) is 0 Å². The zero-order valence-electron chi connectivity index (χ0n) is 6.91. The SMILES string of the molecule is C(=N\n1cccn1)/c1ccncc1. The maximum absolute atomic E-state index is 4.09. The minimum absolute atomic E-state index is 1.01. The summed E-state index contributed by atoms with van der Waals surface area (Å²) in [4.78, 5) is 5.41. The van der Waals surface area contributed by atoms with Crippen LogP contribution in [0.3, 0.4) is 0 Å². The lowest BCUT2D eigenvalue weighted by molar-refractivity contribution is 0.745. The Bertz CT molecular complexity index is 377. The summed E-state index contributed by atoms with van der Waals surface area (Å²) >= 11 is 0. The number of aromatic nitrogens is 3. The van der Waals surface area contributed by atoms with Gasteiger partial charge in [-0.05, 0) is 23.8 Å². The molecule has 0 N–H and O–H groups in total. The molecule has 0 atom stereocenters. The Morgan fingerprint density at radius 1 is 1.23 bits per heavy atom. The summed E-state index contributed by atoms with van der Waals surface area (Å²) in [5.74, 6) is 0. The van der Waals surface area contributed by atoms with Gasteiger partial charge in [0, 0.05) is 12.4 Å². The molecular weight excluding hydrogens is 164 g/mol. The van der Waals surface area contributed by atoms with Crippen LogP contribution in [0.4, 0.5) is 0 Å². The van der Waals surface area contributed by atoms with Crippen molar-refractivity contribution >= 4 is 6.21 Å². The molecule has 2 heterocycles. The average molecular weight is 172 g/mol. The Labute approximate surface area is 75.5 Å². The molecule has 0 radical (unpaired) electrons. The van der Waals surface area contributed by atoms with Gasteiger partial charge in [-0.25, -0.2) is 0 Å². The van der Waals surface area contributed by atoms with E-state index >= 15 is 0 Å². The molecule has 0 aliphatic heterocycles. The van der Waals surface area contributed by atoms with Gasteiger partial charge in [0.25, 0.3) is 0 Å². The van der Waals surface area contributed by atoms with Crippen molar-refractivity contribution in [3.63, 3.8) is 0 Å². The van der Waals surface area contributed by atoms with Crippen LogP contribution in [0.15, 0.2) is 48.1 Å². The molecule has 4 nitrogen and oxygen atoms in total. The Kier molecular flexibility index (Phi) is 2.14. The lowest BCUT2D eigenvalue weighted by Gasteiger charge is -1.90. The van der Waals surface area contributed by atoms with E-state index in [4.69, 9.17) is 0 Å². The normalized spacial score (nSPS) is 10.8. The summed E-state index contributed by atoms with van der Waals surface area (Å²) in [6.07, 6.45) is 8.64. The Morgan fingerprint density at radius 3 is 2.77 bits per heavy atom. The van der Waals surface area contributed by atoms with E-state index < -0.39 is 0 Å². The summed E-state index contributed by atoms with van der Waals surface area (Å²) in [5.41, 5.74) is 1.01. The molecule has 0 unspecified atom stereocenters. The molecule has 0 bridgehead atoms. The first-order valence-corrected chi connectivity index (χ1v) is 3.89. The second-order valence-electron chi connectivity index (χ2n) is 2.45. The van der Waals surface area contributed by atoms with Gasteiger partial charge in [-0.3, -0.25) is 4.98 Å². The van der Waals surface area contributed by atoms with E-state index in [1.54, 1.807) is 31.0 Å². The number of pyridine rings is 1. The van der Waals surface area contributed by atoms with Crippen LogP contribution in [0.25, 0.3) is 0 Å². The van der Waals surface area contributed by atoms with Gasteiger partial charge in [0.1, 0.15) is 0 Å². The van der Waals surface area contributed by atoms with Gasteiger partial charge >= 0.3 is 0 Å². The van der Waals surface area contributed by atoms with Crippen LogP contribution in [0.2, 0.25) is 0 Å². The van der Waals surface area contributed by atoms with E-state index in [1.165, 1.54) is 4.79 Å². The lowest BCUT2D eigenvalue weighted by Crippen LogP contribution is -1.90. The summed E-state index contributed by atoms with van der Waals surface area (Å²) in [6.45, 7) is 0. The fraction of sp³-hybridized carbons (Fsp3) is 0.